The van der Waals surface area contributed by atoms with Gasteiger partial charge in [0.2, 0.25) is 5.91 Å². The molecular formula is C27H27N7O3. The second-order valence-electron chi connectivity index (χ2n) is 8.19. The Hall–Kier alpha value is -4.99. The molecule has 188 valence electrons. The topological polar surface area (TPSA) is 130 Å². The van der Waals surface area contributed by atoms with Crippen LogP contribution in [0.25, 0.3) is 0 Å². The largest absolute Gasteiger partial charge is 0.445 e. The molecule has 0 aliphatic heterocycles. The molecule has 0 radical (unpaired) electrons. The van der Waals surface area contributed by atoms with E-state index in [1.807, 2.05) is 68.4 Å². The van der Waals surface area contributed by atoms with Gasteiger partial charge in [-0.2, -0.15) is 0 Å². The number of hydrogen-bond acceptors (Lipinski definition) is 8. The molecule has 0 bridgehead atoms. The van der Waals surface area contributed by atoms with Crippen LogP contribution in [-0.2, 0) is 16.1 Å². The summed E-state index contributed by atoms with van der Waals surface area (Å²) in [4.78, 5) is 37.1. The molecule has 0 fully saturated rings. The number of pyridine rings is 1. The lowest BCUT2D eigenvalue weighted by Crippen LogP contribution is -2.33. The quantitative estimate of drug-likeness (QED) is 0.258. The highest BCUT2D eigenvalue weighted by atomic mass is 16.5. The maximum atomic E-state index is 12.2. The standard InChI is InChI=1S/C27H27N7O3/c1-18-12-13-28-23(14-18)34-25-15-24(30-19(2)31-25)32-21-8-10-22(11-9-21)33-26(35)16-29-27(36)37-17-20-6-4-3-5-7-20/h3-15H,16-17H2,1-2H3,(H,29,36)(H,33,35)(H2,28,30,31,32,34). The Balaban J connectivity index is 1.26. The molecule has 0 saturated heterocycles. The van der Waals surface area contributed by atoms with Crippen molar-refractivity contribution in [2.75, 3.05) is 22.5 Å². The number of rotatable bonds is 9. The predicted molar refractivity (Wildman–Crippen MR) is 142 cm³/mol. The maximum absolute atomic E-state index is 12.2. The molecule has 0 unspecified atom stereocenters. The zero-order chi connectivity index (χ0) is 26.0. The highest BCUT2D eigenvalue weighted by Gasteiger charge is 2.08. The highest BCUT2D eigenvalue weighted by molar-refractivity contribution is 5.94. The van der Waals surface area contributed by atoms with E-state index in [9.17, 15) is 9.59 Å². The molecule has 10 nitrogen and oxygen atoms in total. The van der Waals surface area contributed by atoms with Gasteiger partial charge in [0.1, 0.15) is 36.4 Å². The molecule has 4 aromatic rings. The van der Waals surface area contributed by atoms with E-state index in [2.05, 4.69) is 36.2 Å². The van der Waals surface area contributed by atoms with Crippen molar-refractivity contribution in [2.24, 2.45) is 0 Å². The van der Waals surface area contributed by atoms with E-state index in [1.54, 1.807) is 24.4 Å². The molecule has 10 heteroatoms. The van der Waals surface area contributed by atoms with E-state index in [0.717, 1.165) is 16.8 Å². The second-order valence-corrected chi connectivity index (χ2v) is 8.19. The summed E-state index contributed by atoms with van der Waals surface area (Å²) in [5.41, 5.74) is 3.32. The number of nitrogens with one attached hydrogen (secondary N) is 4. The fourth-order valence-corrected chi connectivity index (χ4v) is 3.35. The molecular weight excluding hydrogens is 470 g/mol. The summed E-state index contributed by atoms with van der Waals surface area (Å²) in [5, 5.41) is 11.6. The summed E-state index contributed by atoms with van der Waals surface area (Å²) in [6.45, 7) is 3.73. The Labute approximate surface area is 214 Å². The van der Waals surface area contributed by atoms with E-state index in [0.29, 0.717) is 29.0 Å². The normalized spacial score (nSPS) is 10.3. The number of ether oxygens (including phenoxy) is 1. The van der Waals surface area contributed by atoms with Gasteiger partial charge in [0, 0.05) is 23.6 Å². The fourth-order valence-electron chi connectivity index (χ4n) is 3.35. The number of alkyl carbamates (subject to hydrolysis) is 1. The Morgan fingerprint density at radius 1 is 0.811 bits per heavy atom. The lowest BCUT2D eigenvalue weighted by atomic mass is 10.2. The molecule has 2 heterocycles. The van der Waals surface area contributed by atoms with Gasteiger partial charge in [0.05, 0.1) is 0 Å². The predicted octanol–water partition coefficient (Wildman–Crippen LogP) is 4.84. The van der Waals surface area contributed by atoms with Crippen LogP contribution < -0.4 is 21.3 Å². The van der Waals surface area contributed by atoms with Crippen LogP contribution in [0.15, 0.2) is 79.0 Å². The molecule has 4 rings (SSSR count). The summed E-state index contributed by atoms with van der Waals surface area (Å²) in [7, 11) is 0. The van der Waals surface area contributed by atoms with Crippen molar-refractivity contribution in [3.63, 3.8) is 0 Å². The van der Waals surface area contributed by atoms with Gasteiger partial charge < -0.3 is 26.0 Å². The van der Waals surface area contributed by atoms with Crippen LogP contribution in [0, 0.1) is 13.8 Å². The Kier molecular flexibility index (Phi) is 8.22. The van der Waals surface area contributed by atoms with Gasteiger partial charge in [-0.3, -0.25) is 4.79 Å². The molecule has 37 heavy (non-hydrogen) atoms. The third kappa shape index (κ3) is 8.03. The maximum Gasteiger partial charge on any atom is 0.407 e. The van der Waals surface area contributed by atoms with Crippen LogP contribution in [0.3, 0.4) is 0 Å². The van der Waals surface area contributed by atoms with Crippen LogP contribution in [0.1, 0.15) is 17.0 Å². The Morgan fingerprint density at radius 3 is 2.24 bits per heavy atom. The number of hydrogen-bond donors (Lipinski definition) is 4. The zero-order valence-electron chi connectivity index (χ0n) is 20.5. The van der Waals surface area contributed by atoms with Gasteiger partial charge >= 0.3 is 6.09 Å². The summed E-state index contributed by atoms with van der Waals surface area (Å²) >= 11 is 0. The molecule has 0 saturated carbocycles. The van der Waals surface area contributed by atoms with E-state index in [-0.39, 0.29) is 19.1 Å². The summed E-state index contributed by atoms with van der Waals surface area (Å²) < 4.78 is 5.10. The van der Waals surface area contributed by atoms with Crippen molar-refractivity contribution < 1.29 is 14.3 Å². The first-order valence-electron chi connectivity index (χ1n) is 11.6. The van der Waals surface area contributed by atoms with Crippen LogP contribution in [0.5, 0.6) is 0 Å². The van der Waals surface area contributed by atoms with Crippen LogP contribution >= 0.6 is 0 Å². The van der Waals surface area contributed by atoms with Crippen molar-refractivity contribution in [3.8, 4) is 0 Å². The summed E-state index contributed by atoms with van der Waals surface area (Å²) in [6.07, 6.45) is 1.07. The molecule has 2 aromatic carbocycles. The van der Waals surface area contributed by atoms with E-state index in [1.165, 1.54) is 0 Å². The number of aromatic nitrogens is 3. The van der Waals surface area contributed by atoms with Gasteiger partial charge in [0.25, 0.3) is 0 Å². The van der Waals surface area contributed by atoms with Gasteiger partial charge in [-0.15, -0.1) is 0 Å². The first-order valence-corrected chi connectivity index (χ1v) is 11.6. The third-order valence-electron chi connectivity index (χ3n) is 5.06. The minimum Gasteiger partial charge on any atom is -0.445 e. The summed E-state index contributed by atoms with van der Waals surface area (Å²) in [6, 6.07) is 22.1. The molecule has 0 aliphatic rings. The zero-order valence-corrected chi connectivity index (χ0v) is 20.5. The van der Waals surface area contributed by atoms with Crippen LogP contribution in [0.2, 0.25) is 0 Å². The van der Waals surface area contributed by atoms with Crippen molar-refractivity contribution in [3.05, 3.63) is 95.9 Å². The number of amides is 2. The first-order chi connectivity index (χ1) is 17.9. The molecule has 0 aliphatic carbocycles. The minimum absolute atomic E-state index is 0.134. The van der Waals surface area contributed by atoms with Gasteiger partial charge in [-0.1, -0.05) is 30.3 Å². The van der Waals surface area contributed by atoms with Crippen molar-refractivity contribution >= 4 is 40.8 Å². The van der Waals surface area contributed by atoms with Crippen molar-refractivity contribution in [1.29, 1.82) is 0 Å². The number of aryl methyl sites for hydroxylation is 2. The molecule has 0 spiro atoms. The number of benzene rings is 2. The van der Waals surface area contributed by atoms with Crippen molar-refractivity contribution in [2.45, 2.75) is 20.5 Å². The fraction of sp³-hybridized carbons (Fsp3) is 0.148. The van der Waals surface area contributed by atoms with Gasteiger partial charge in [-0.25, -0.2) is 19.7 Å². The van der Waals surface area contributed by atoms with Gasteiger partial charge in [0.15, 0.2) is 0 Å². The first kappa shape index (κ1) is 25.1. The third-order valence-corrected chi connectivity index (χ3v) is 5.06. The highest BCUT2D eigenvalue weighted by Crippen LogP contribution is 2.21. The van der Waals surface area contributed by atoms with E-state index in [4.69, 9.17) is 4.74 Å². The van der Waals surface area contributed by atoms with Crippen LogP contribution in [0.4, 0.5) is 33.6 Å². The molecule has 2 amide bonds. The average molecular weight is 498 g/mol. The minimum atomic E-state index is -0.661. The SMILES string of the molecule is Cc1ccnc(Nc2cc(Nc3ccc(NC(=O)CNC(=O)OCc4ccccc4)cc3)nc(C)n2)c1. The Morgan fingerprint density at radius 2 is 1.51 bits per heavy atom. The smallest absolute Gasteiger partial charge is 0.407 e. The average Bonchev–Trinajstić information content (AvgIpc) is 2.88. The monoisotopic (exact) mass is 497 g/mol. The number of anilines is 5. The number of nitrogens with zero attached hydrogens (tertiary/aromatic N) is 3. The van der Waals surface area contributed by atoms with E-state index >= 15 is 0 Å². The van der Waals surface area contributed by atoms with Crippen molar-refractivity contribution in [1.82, 2.24) is 20.3 Å². The van der Waals surface area contributed by atoms with Crippen LogP contribution in [-0.4, -0.2) is 33.5 Å². The number of carbonyl (C=O) groups is 2. The molecule has 0 atom stereocenters. The second kappa shape index (κ2) is 12.1. The lowest BCUT2D eigenvalue weighted by Gasteiger charge is -2.11. The van der Waals surface area contributed by atoms with E-state index < -0.39 is 6.09 Å². The van der Waals surface area contributed by atoms with Gasteiger partial charge in [-0.05, 0) is 61.4 Å². The summed E-state index contributed by atoms with van der Waals surface area (Å²) in [5.74, 6) is 2.15. The number of carbonyl (C=O) groups excluding carboxylic acids is 2. The lowest BCUT2D eigenvalue weighted by molar-refractivity contribution is -0.115. The molecule has 4 N–H and O–H groups in total. The molecule has 2 aromatic heterocycles. The Bertz CT molecular complexity index is 1360.